The fraction of sp³-hybridized carbons (Fsp3) is 0.205. The van der Waals surface area contributed by atoms with E-state index in [4.69, 9.17) is 0 Å². The molecule has 0 N–H and O–H groups in total. The van der Waals surface area contributed by atoms with Crippen LogP contribution in [-0.2, 0) is 16.2 Å². The maximum atomic E-state index is 2.55. The molecule has 3 heteroatoms. The molecule has 12 bridgehead atoms. The Morgan fingerprint density at radius 3 is 0.846 bits per heavy atom. The van der Waals surface area contributed by atoms with Crippen molar-refractivity contribution >= 4 is 137 Å². The Balaban J connectivity index is 0.0000000995. The van der Waals surface area contributed by atoms with Crippen LogP contribution in [-0.4, -0.2) is 0 Å². The van der Waals surface area contributed by atoms with Gasteiger partial charge in [0, 0.05) is 66.8 Å². The van der Waals surface area contributed by atoms with Crippen molar-refractivity contribution in [1.82, 2.24) is 0 Å². The van der Waals surface area contributed by atoms with Gasteiger partial charge in [0.25, 0.3) is 0 Å². The number of rotatable bonds is 11. The van der Waals surface area contributed by atoms with Gasteiger partial charge in [-0.05, 0) is 441 Å². The normalized spacial score (nSPS) is 24.3. The lowest BCUT2D eigenvalue weighted by Gasteiger charge is -2.61. The zero-order valence-corrected chi connectivity index (χ0v) is 84.2. The van der Waals surface area contributed by atoms with Crippen LogP contribution in [0.4, 0.5) is 51.2 Å². The monoisotopic (exact) mass is 1910 g/mol. The van der Waals surface area contributed by atoms with Gasteiger partial charge in [-0.15, -0.1) is 0 Å². The summed E-state index contributed by atoms with van der Waals surface area (Å²) in [7, 11) is 0. The summed E-state index contributed by atoms with van der Waals surface area (Å²) < 4.78 is 0. The molecule has 716 valence electrons. The number of nitrogens with zero attached hydrogens (tertiary/aromatic N) is 3. The zero-order chi connectivity index (χ0) is 97.5. The maximum absolute atomic E-state index is 2.55. The molecule has 22 aromatic carbocycles. The minimum absolute atomic E-state index is 0.177. The third-order valence-corrected chi connectivity index (χ3v) is 39.8. The average molecular weight is 1910 g/mol. The van der Waals surface area contributed by atoms with Crippen molar-refractivity contribution < 1.29 is 0 Å². The van der Waals surface area contributed by atoms with Gasteiger partial charge >= 0.3 is 0 Å². The Kier molecular flexibility index (Phi) is 19.5. The van der Waals surface area contributed by atoms with Crippen LogP contribution in [0.1, 0.15) is 130 Å². The third-order valence-electron chi connectivity index (χ3n) is 39.8. The molecule has 37 rings (SSSR count). The highest BCUT2D eigenvalue weighted by Gasteiger charge is 2.65. The second-order valence-electron chi connectivity index (χ2n) is 46.9. The summed E-state index contributed by atoms with van der Waals surface area (Å²) in [5.41, 5.74) is 34.8. The Hall–Kier alpha value is -15.7. The van der Waals surface area contributed by atoms with Crippen molar-refractivity contribution in [2.75, 3.05) is 14.7 Å². The summed E-state index contributed by atoms with van der Waals surface area (Å²) in [6.45, 7) is 0. The molecule has 0 unspecified atom stereocenters. The zero-order valence-electron chi connectivity index (χ0n) is 84.2. The molecule has 0 aliphatic heterocycles. The third kappa shape index (κ3) is 13.2. The second kappa shape index (κ2) is 33.7. The molecule has 0 amide bonds. The van der Waals surface area contributed by atoms with Crippen LogP contribution in [0.5, 0.6) is 0 Å². The van der Waals surface area contributed by atoms with Crippen LogP contribution in [0.15, 0.2) is 455 Å². The first-order chi connectivity index (χ1) is 73.7. The van der Waals surface area contributed by atoms with Crippen molar-refractivity contribution in [3.8, 4) is 55.6 Å². The number of hydrogen-bond donors (Lipinski definition) is 0. The van der Waals surface area contributed by atoms with Crippen LogP contribution < -0.4 is 14.7 Å². The lowest BCUT2D eigenvalue weighted by molar-refractivity contribution is -0.0399. The van der Waals surface area contributed by atoms with E-state index < -0.39 is 0 Å². The molecule has 0 atom stereocenters. The highest BCUT2D eigenvalue weighted by molar-refractivity contribution is 6.15. The fourth-order valence-electron chi connectivity index (χ4n) is 34.7. The maximum Gasteiger partial charge on any atom is 0.0540 e. The predicted octanol–water partition coefficient (Wildman–Crippen LogP) is 39.2. The molecule has 3 spiro atoms. The SMILES string of the molecule is c1ccc2c(c1)-c1cc(N(c3ccc(-c4cc5ccccc5c5ccccc45)cc3)c3ccc4ccccc4c3)ccc1C21C2CC3CC(C2)CC1C3.c1ccc2c(c1)-c1cc(N(c3ccc(-c4ccc5c(ccc6ccccc65)c4)cc3)c3ccc4ccccc4c3)ccc1C21C2CC3CC(C2)CC1C3.c1ccc2c(c1)-c1cc(N(c3cccc4ccccc34)c3cccc4ccccc34)ccc1C21C2CC3CC(C2)CC1C3. The van der Waals surface area contributed by atoms with Crippen molar-refractivity contribution in [2.45, 2.75) is 113 Å². The molecule has 3 nitrogen and oxygen atoms in total. The van der Waals surface area contributed by atoms with Gasteiger partial charge in [-0.1, -0.05) is 346 Å². The summed E-state index contributed by atoms with van der Waals surface area (Å²) in [4.78, 5) is 7.49. The Morgan fingerprint density at radius 1 is 0.141 bits per heavy atom. The quantitative estimate of drug-likeness (QED) is 0.120. The molecular weight excluding hydrogens is 1800 g/mol. The molecular formula is C146H117N3. The molecule has 0 heterocycles. The number of anilines is 9. The first-order valence-corrected chi connectivity index (χ1v) is 55.8. The summed E-state index contributed by atoms with van der Waals surface area (Å²) >= 11 is 0. The van der Waals surface area contributed by atoms with Gasteiger partial charge in [0.15, 0.2) is 0 Å². The van der Waals surface area contributed by atoms with E-state index in [1.54, 1.807) is 33.4 Å². The summed E-state index contributed by atoms with van der Waals surface area (Å²) in [6.07, 6.45) is 21.4. The van der Waals surface area contributed by atoms with E-state index in [0.717, 1.165) is 71.0 Å². The van der Waals surface area contributed by atoms with Crippen LogP contribution in [0.25, 0.3) is 142 Å². The van der Waals surface area contributed by atoms with Gasteiger partial charge in [-0.3, -0.25) is 0 Å². The van der Waals surface area contributed by atoms with Gasteiger partial charge in [0.2, 0.25) is 0 Å². The highest BCUT2D eigenvalue weighted by Crippen LogP contribution is 2.74. The molecule has 0 radical (unpaired) electrons. The van der Waals surface area contributed by atoms with E-state index in [2.05, 4.69) is 470 Å². The topological polar surface area (TPSA) is 9.72 Å². The molecule has 12 saturated carbocycles. The number of hydrogen-bond acceptors (Lipinski definition) is 3. The summed E-state index contributed by atoms with van der Waals surface area (Å²) in [6, 6.07) is 172. The fourth-order valence-corrected chi connectivity index (χ4v) is 34.7. The average Bonchev–Trinajstić information content (AvgIpc) is 1.53. The van der Waals surface area contributed by atoms with Crippen LogP contribution in [0.3, 0.4) is 0 Å². The van der Waals surface area contributed by atoms with E-state index >= 15 is 0 Å². The molecule has 15 aliphatic rings. The Bertz CT molecular complexity index is 9080. The second-order valence-corrected chi connectivity index (χ2v) is 46.9. The summed E-state index contributed by atoms with van der Waals surface area (Å²) in [5, 5.41) is 20.5. The molecule has 0 saturated heterocycles. The Labute approximate surface area is 873 Å². The summed E-state index contributed by atoms with van der Waals surface area (Å²) in [5.74, 6) is 10.3. The van der Waals surface area contributed by atoms with Gasteiger partial charge in [-0.2, -0.15) is 0 Å². The van der Waals surface area contributed by atoms with Crippen molar-refractivity contribution in [3.05, 3.63) is 488 Å². The highest BCUT2D eigenvalue weighted by atomic mass is 15.2. The Morgan fingerprint density at radius 2 is 0.416 bits per heavy atom. The lowest BCUT2D eigenvalue weighted by atomic mass is 9.43. The number of benzene rings is 22. The van der Waals surface area contributed by atoms with Crippen molar-refractivity contribution in [2.24, 2.45) is 71.0 Å². The van der Waals surface area contributed by atoms with Crippen LogP contribution in [0, 0.1) is 71.0 Å². The van der Waals surface area contributed by atoms with E-state index in [-0.39, 0.29) is 16.2 Å². The molecule has 15 aliphatic carbocycles. The molecule has 12 fully saturated rings. The minimum Gasteiger partial charge on any atom is -0.310 e. The van der Waals surface area contributed by atoms with Crippen LogP contribution >= 0.6 is 0 Å². The number of fused-ring (bicyclic) bond motifs is 19. The van der Waals surface area contributed by atoms with Crippen molar-refractivity contribution in [1.29, 1.82) is 0 Å². The predicted molar refractivity (Wildman–Crippen MR) is 624 cm³/mol. The van der Waals surface area contributed by atoms with E-state index in [9.17, 15) is 0 Å². The first kappa shape index (κ1) is 86.5. The standard InChI is InChI=1S/2C52H41N.C42H35N/c1-2-10-37-30-42(22-17-35(37)9-1)53(41-20-18-36(19-21-41)48-31-38-11-3-4-12-44(38)45-13-5-6-14-46(45)48)43-23-24-51-49(32-43)47-15-7-8-16-50(47)52(51)39-26-33-25-34(28-39)29-40(52)27-33;1-2-9-38-31-44(21-17-35(38)7-1)53(43-19-15-36(16-20-43)39-18-23-47-40(30-39)14-13-37-8-3-4-10-46(37)47)45-22-24-51-49(32-45)48-11-5-6-12-50(48)52(51)41-26-33-25-34(28-41)29-42(52)27-33;1-3-13-34-29(9-1)11-7-17-40(34)43(41-18-8-12-30-10-2-4-14-35(30)41)33-19-20-39-37(26-33)36-15-5-6-16-38(36)42(39)31-22-27-21-28(24-31)25-32(42)23-27/h1-24,30-34,39-40H,25-29H2;1-24,30-34,41-42H,25-29H2;1-20,26-28,31-32H,21-25H2. The van der Waals surface area contributed by atoms with Crippen molar-refractivity contribution in [3.63, 3.8) is 0 Å². The molecule has 0 aromatic heterocycles. The van der Waals surface area contributed by atoms with E-state index in [1.807, 2.05) is 0 Å². The smallest absolute Gasteiger partial charge is 0.0540 e. The van der Waals surface area contributed by atoms with Gasteiger partial charge in [0.1, 0.15) is 0 Å². The first-order valence-electron chi connectivity index (χ1n) is 55.8. The molecule has 149 heavy (non-hydrogen) atoms. The van der Waals surface area contributed by atoms with Gasteiger partial charge in [-0.25, -0.2) is 0 Å². The minimum atomic E-state index is 0.177. The van der Waals surface area contributed by atoms with E-state index in [1.165, 1.54) is 289 Å². The van der Waals surface area contributed by atoms with Gasteiger partial charge in [0.05, 0.1) is 11.4 Å². The van der Waals surface area contributed by atoms with Gasteiger partial charge < -0.3 is 14.7 Å². The van der Waals surface area contributed by atoms with E-state index in [0.29, 0.717) is 0 Å². The lowest BCUT2D eigenvalue weighted by Crippen LogP contribution is -2.55. The van der Waals surface area contributed by atoms with Crippen LogP contribution in [0.2, 0.25) is 0 Å². The molecule has 22 aromatic rings. The largest absolute Gasteiger partial charge is 0.310 e.